The van der Waals surface area contributed by atoms with Gasteiger partial charge < -0.3 is 0 Å². The van der Waals surface area contributed by atoms with Crippen molar-refractivity contribution in [1.29, 1.82) is 0 Å². The third-order valence-electron chi connectivity index (χ3n) is 1.16. The second-order valence-electron chi connectivity index (χ2n) is 1.86. The summed E-state index contributed by atoms with van der Waals surface area (Å²) in [5, 5.41) is 0. The molecule has 0 rings (SSSR count). The molecule has 0 saturated carbocycles. The zero-order chi connectivity index (χ0) is 7.44. The summed E-state index contributed by atoms with van der Waals surface area (Å²) in [4.78, 5) is 21.0. The van der Waals surface area contributed by atoms with E-state index in [1.54, 1.807) is 0 Å². The first-order valence-electron chi connectivity index (χ1n) is 2.68. The number of hydrogen-bond acceptors (Lipinski definition) is 3. The summed E-state index contributed by atoms with van der Waals surface area (Å²) in [6, 6.07) is 0. The first-order valence-corrected chi connectivity index (χ1v) is 3.83. The fourth-order valence-electron chi connectivity index (χ4n) is 0.343. The molecule has 9 heavy (non-hydrogen) atoms. The van der Waals surface area contributed by atoms with Gasteiger partial charge in [-0.3, -0.25) is 0 Å². The van der Waals surface area contributed by atoms with Crippen molar-refractivity contribution in [1.82, 2.24) is 0 Å². The van der Waals surface area contributed by atoms with E-state index in [4.69, 9.17) is 0 Å². The second-order valence-corrected chi connectivity index (χ2v) is 3.01. The molecule has 0 aliphatic heterocycles. The average Bonchev–Trinajstić information content (AvgIpc) is 1.84. The van der Waals surface area contributed by atoms with Gasteiger partial charge >= 0.3 is 71.2 Å². The molecule has 1 unspecified atom stereocenters. The van der Waals surface area contributed by atoms with Crippen LogP contribution in [-0.2, 0) is 14.3 Å². The van der Waals surface area contributed by atoms with E-state index in [1.165, 1.54) is 14.0 Å². The molecular formula is C5H7NaO3. The summed E-state index contributed by atoms with van der Waals surface area (Å²) >= 11 is 0.543. The number of hydrogen-bond donors (Lipinski definition) is 0. The van der Waals surface area contributed by atoms with Crippen LogP contribution in [-0.4, -0.2) is 46.8 Å². The van der Waals surface area contributed by atoms with E-state index in [2.05, 4.69) is 4.74 Å². The third kappa shape index (κ3) is 2.98. The molecule has 0 bridgehead atoms. The van der Waals surface area contributed by atoms with Gasteiger partial charge in [-0.2, -0.15) is 0 Å². The van der Waals surface area contributed by atoms with E-state index in [0.717, 1.165) is 0 Å². The number of carbonyl (C=O) groups is 2. The van der Waals surface area contributed by atoms with Crippen molar-refractivity contribution in [2.45, 2.75) is 10.1 Å². The number of ketones is 1. The molecular weight excluding hydrogens is 131 g/mol. The number of ether oxygens (including phenoxy) is 1. The van der Waals surface area contributed by atoms with Crippen molar-refractivity contribution in [3.8, 4) is 0 Å². The van der Waals surface area contributed by atoms with Crippen LogP contribution in [0.1, 0.15) is 6.92 Å². The van der Waals surface area contributed by atoms with Crippen molar-refractivity contribution < 1.29 is 14.3 Å². The van der Waals surface area contributed by atoms with Crippen LogP contribution in [0.2, 0.25) is 3.17 Å². The molecule has 0 heterocycles. The molecule has 0 amide bonds. The van der Waals surface area contributed by atoms with Crippen molar-refractivity contribution in [3.63, 3.8) is 0 Å². The van der Waals surface area contributed by atoms with Crippen molar-refractivity contribution in [2.24, 2.45) is 0 Å². The monoisotopic (exact) mass is 138 g/mol. The summed E-state index contributed by atoms with van der Waals surface area (Å²) < 4.78 is 3.87. The summed E-state index contributed by atoms with van der Waals surface area (Å²) in [7, 11) is 1.29. The van der Waals surface area contributed by atoms with E-state index < -0.39 is 9.14 Å². The van der Waals surface area contributed by atoms with Crippen LogP contribution in [0.15, 0.2) is 0 Å². The Labute approximate surface area is 71.2 Å². The van der Waals surface area contributed by atoms with E-state index in [0.29, 0.717) is 27.9 Å². The SMILES string of the molecule is COC(=O)[CH]([Na])C(C)=O. The quantitative estimate of drug-likeness (QED) is 0.299. The van der Waals surface area contributed by atoms with Gasteiger partial charge in [0, 0.05) is 0 Å². The van der Waals surface area contributed by atoms with E-state index in [-0.39, 0.29) is 5.78 Å². The van der Waals surface area contributed by atoms with Crippen LogP contribution in [0.25, 0.3) is 0 Å². The molecule has 3 nitrogen and oxygen atoms in total. The standard InChI is InChI=1S/C5H7O3.Na/c1-4(6)3-5(7)8-2;/h3H,1-2H3;. The fourth-order valence-corrected chi connectivity index (χ4v) is 0.578. The molecule has 0 aromatic rings. The third-order valence-corrected chi connectivity index (χ3v) is 2.45. The minimum atomic E-state index is -0.477. The topological polar surface area (TPSA) is 43.4 Å². The molecule has 0 aromatic heterocycles. The zero-order valence-corrected chi connectivity index (χ0v) is 7.80. The first-order chi connectivity index (χ1) is 4.09. The normalized spacial score (nSPS) is 12.4. The molecule has 0 spiro atoms. The van der Waals surface area contributed by atoms with Gasteiger partial charge in [0.25, 0.3) is 0 Å². The molecule has 0 N–H and O–H groups in total. The Hall–Kier alpha value is 0.140. The second kappa shape index (κ2) is 4.04. The molecule has 0 radical (unpaired) electrons. The molecule has 0 fully saturated rings. The van der Waals surface area contributed by atoms with E-state index in [1.807, 2.05) is 0 Å². The number of rotatable bonds is 2. The van der Waals surface area contributed by atoms with Crippen LogP contribution >= 0.6 is 0 Å². The van der Waals surface area contributed by atoms with E-state index >= 15 is 0 Å². The molecule has 0 saturated heterocycles. The van der Waals surface area contributed by atoms with E-state index in [9.17, 15) is 9.59 Å². The Kier molecular flexibility index (Phi) is 4.10. The van der Waals surface area contributed by atoms with Gasteiger partial charge in [0.05, 0.1) is 0 Å². The molecule has 0 aliphatic rings. The number of carbonyl (C=O) groups excluding carboxylic acids is 2. The predicted molar refractivity (Wildman–Crippen MR) is 32.2 cm³/mol. The molecule has 1 atom stereocenters. The Morgan fingerprint density at radius 2 is 2.00 bits per heavy atom. The van der Waals surface area contributed by atoms with Gasteiger partial charge in [-0.25, -0.2) is 0 Å². The van der Waals surface area contributed by atoms with Crippen molar-refractivity contribution >= 4 is 39.7 Å². The van der Waals surface area contributed by atoms with Gasteiger partial charge in [-0.1, -0.05) is 0 Å². The number of Topliss-reactive ketones (excluding diaryl/α,β-unsaturated/α-hetero) is 1. The van der Waals surface area contributed by atoms with Crippen LogP contribution in [0, 0.1) is 0 Å². The van der Waals surface area contributed by atoms with Gasteiger partial charge in [-0.15, -0.1) is 0 Å². The molecule has 4 heteroatoms. The predicted octanol–water partition coefficient (Wildman–Crippen LogP) is -0.295. The van der Waals surface area contributed by atoms with Crippen molar-refractivity contribution in [3.05, 3.63) is 0 Å². The Balaban J connectivity index is 3.88. The Morgan fingerprint density at radius 1 is 1.56 bits per heavy atom. The first kappa shape index (κ1) is 9.14. The Morgan fingerprint density at radius 3 is 2.11 bits per heavy atom. The van der Waals surface area contributed by atoms with Gasteiger partial charge in [0.1, 0.15) is 0 Å². The number of methoxy groups -OCH3 is 1. The van der Waals surface area contributed by atoms with Gasteiger partial charge in [-0.05, 0) is 0 Å². The summed E-state index contributed by atoms with van der Waals surface area (Å²) in [6.07, 6.45) is 0. The zero-order valence-electron chi connectivity index (χ0n) is 5.80. The summed E-state index contributed by atoms with van der Waals surface area (Å²) in [5.41, 5.74) is 0. The molecule has 46 valence electrons. The van der Waals surface area contributed by atoms with Gasteiger partial charge in [0.15, 0.2) is 0 Å². The fraction of sp³-hybridized carbons (Fsp3) is 0.600. The van der Waals surface area contributed by atoms with Crippen LogP contribution in [0.4, 0.5) is 0 Å². The number of esters is 1. The summed E-state index contributed by atoms with van der Waals surface area (Å²) in [5.74, 6) is -0.511. The summed E-state index contributed by atoms with van der Waals surface area (Å²) in [6.45, 7) is 1.40. The minimum absolute atomic E-state index is 0.103. The maximum atomic E-state index is 10.5. The van der Waals surface area contributed by atoms with Crippen LogP contribution < -0.4 is 0 Å². The van der Waals surface area contributed by atoms with Crippen LogP contribution in [0.5, 0.6) is 0 Å². The maximum absolute atomic E-state index is 10.5. The average molecular weight is 138 g/mol. The molecule has 0 aromatic carbocycles. The van der Waals surface area contributed by atoms with Crippen molar-refractivity contribution in [2.75, 3.05) is 7.11 Å². The van der Waals surface area contributed by atoms with Crippen LogP contribution in [0.3, 0.4) is 0 Å². The Bertz CT molecular complexity index is 132. The van der Waals surface area contributed by atoms with Gasteiger partial charge in [0.2, 0.25) is 0 Å². The molecule has 0 aliphatic carbocycles.